The van der Waals surface area contributed by atoms with Crippen molar-refractivity contribution in [2.45, 2.75) is 79.3 Å². The molecule has 2 saturated heterocycles. The molecule has 11 nitrogen and oxygen atoms in total. The predicted octanol–water partition coefficient (Wildman–Crippen LogP) is 8.61. The molecule has 3 aromatic carbocycles. The largest absolute Gasteiger partial charge is 0.453 e. The molecule has 0 radical (unpaired) electrons. The van der Waals surface area contributed by atoms with Crippen molar-refractivity contribution in [3.05, 3.63) is 78.3 Å². The van der Waals surface area contributed by atoms with Crippen molar-refractivity contribution in [2.24, 2.45) is 16.8 Å². The molecule has 0 saturated carbocycles. The number of hydrogen-bond donors (Lipinski definition) is 3. The summed E-state index contributed by atoms with van der Waals surface area (Å²) in [5, 5.41) is 8.53. The predicted molar refractivity (Wildman–Crippen MR) is 223 cm³/mol. The number of alkyl carbamates (subject to hydrolysis) is 1. The van der Waals surface area contributed by atoms with Gasteiger partial charge in [-0.15, -0.1) is 0 Å². The van der Waals surface area contributed by atoms with Crippen molar-refractivity contribution >= 4 is 46.8 Å². The van der Waals surface area contributed by atoms with E-state index in [1.807, 2.05) is 42.0 Å². The van der Waals surface area contributed by atoms with Gasteiger partial charge in [-0.1, -0.05) is 69.2 Å². The molecule has 2 fully saturated rings. The highest BCUT2D eigenvalue weighted by Gasteiger charge is 2.35. The van der Waals surface area contributed by atoms with Gasteiger partial charge in [-0.05, 0) is 97.8 Å². The summed E-state index contributed by atoms with van der Waals surface area (Å²) < 4.78 is 4.74. The first-order valence-corrected chi connectivity index (χ1v) is 19.3. The van der Waals surface area contributed by atoms with Gasteiger partial charge in [0.2, 0.25) is 11.8 Å². The van der Waals surface area contributed by atoms with Gasteiger partial charge in [0, 0.05) is 44.2 Å². The fourth-order valence-electron chi connectivity index (χ4n) is 7.20. The van der Waals surface area contributed by atoms with Crippen molar-refractivity contribution in [1.29, 1.82) is 0 Å². The smallest absolute Gasteiger partial charge is 0.407 e. The highest BCUT2D eigenvalue weighted by atomic mass is 16.5. The third-order valence-corrected chi connectivity index (χ3v) is 10.4. The van der Waals surface area contributed by atoms with Gasteiger partial charge in [0.25, 0.3) is 0 Å². The first-order chi connectivity index (χ1) is 26.4. The Kier molecular flexibility index (Phi) is 13.9. The number of amides is 3. The van der Waals surface area contributed by atoms with Crippen LogP contribution in [-0.4, -0.2) is 89.8 Å². The van der Waals surface area contributed by atoms with Crippen LogP contribution in [0, 0.1) is 11.8 Å². The van der Waals surface area contributed by atoms with E-state index in [0.717, 1.165) is 76.9 Å². The number of aromatic nitrogens is 2. The standard InChI is InChI=1S/C32H36N6O3.C12H21NO/c1-20(2)30(37-32(40)41-4)31(39)38-13-5-6-26(38)17-35-28-16-24(11-12-27(28)33-3)22-7-8-23-15-25(10-9-21(23)14-22)29-18-34-19-36-29;1-9(2)7-12(14)13-6-5-11(8-13)10(3)4/h7-12,14-16,18-20,26,30,35H,3,5-6,13,17H2,1-2,4H3,(H,34,36)(H,37,40);9H,5-8H2,1-4H3. The van der Waals surface area contributed by atoms with Crippen LogP contribution in [-0.2, 0) is 14.3 Å². The summed E-state index contributed by atoms with van der Waals surface area (Å²) in [4.78, 5) is 52.4. The Labute approximate surface area is 325 Å². The number of benzene rings is 3. The van der Waals surface area contributed by atoms with E-state index in [1.165, 1.54) is 18.3 Å². The second-order valence-electron chi connectivity index (χ2n) is 15.5. The summed E-state index contributed by atoms with van der Waals surface area (Å²) in [5.41, 5.74) is 8.67. The molecule has 11 heteroatoms. The second-order valence-corrected chi connectivity index (χ2v) is 15.5. The third-order valence-electron chi connectivity index (χ3n) is 10.4. The molecule has 292 valence electrons. The van der Waals surface area contributed by atoms with Crippen molar-refractivity contribution in [3.8, 4) is 22.4 Å². The lowest BCUT2D eigenvalue weighted by atomic mass is 9.98. The molecular formula is C44H57N7O4. The van der Waals surface area contributed by atoms with E-state index in [9.17, 15) is 14.4 Å². The number of carbonyl (C=O) groups excluding carboxylic acids is 3. The van der Waals surface area contributed by atoms with E-state index in [-0.39, 0.29) is 17.9 Å². The summed E-state index contributed by atoms with van der Waals surface area (Å²) in [6, 6.07) is 18.3. The van der Waals surface area contributed by atoms with E-state index in [0.29, 0.717) is 31.3 Å². The van der Waals surface area contributed by atoms with E-state index >= 15 is 0 Å². The van der Waals surface area contributed by atoms with Gasteiger partial charge in [-0.2, -0.15) is 0 Å². The summed E-state index contributed by atoms with van der Waals surface area (Å²) in [7, 11) is 1.30. The molecule has 3 N–H and O–H groups in total. The molecule has 2 unspecified atom stereocenters. The molecule has 0 bridgehead atoms. The number of nitrogens with zero attached hydrogens (tertiary/aromatic N) is 4. The molecule has 1 aromatic heterocycles. The molecule has 2 aliphatic rings. The normalized spacial score (nSPS) is 15.9. The van der Waals surface area contributed by atoms with Crippen LogP contribution in [0.5, 0.6) is 0 Å². The monoisotopic (exact) mass is 747 g/mol. The average molecular weight is 748 g/mol. The quantitative estimate of drug-likeness (QED) is 0.104. The van der Waals surface area contributed by atoms with E-state index in [4.69, 9.17) is 4.74 Å². The number of methoxy groups -OCH3 is 1. The maximum Gasteiger partial charge on any atom is 0.407 e. The Morgan fingerprint density at radius 1 is 0.982 bits per heavy atom. The van der Waals surface area contributed by atoms with Crippen LogP contribution in [0.1, 0.15) is 67.2 Å². The van der Waals surface area contributed by atoms with Crippen LogP contribution >= 0.6 is 0 Å². The lowest BCUT2D eigenvalue weighted by Crippen LogP contribution is -2.53. The number of anilines is 1. The van der Waals surface area contributed by atoms with E-state index in [1.54, 1.807) is 6.33 Å². The van der Waals surface area contributed by atoms with Gasteiger partial charge in [0.15, 0.2) is 0 Å². The molecule has 4 aromatic rings. The third kappa shape index (κ3) is 10.4. The maximum atomic E-state index is 13.4. The minimum Gasteiger partial charge on any atom is -0.453 e. The molecule has 6 rings (SSSR count). The van der Waals surface area contributed by atoms with Crippen LogP contribution in [0.3, 0.4) is 0 Å². The van der Waals surface area contributed by atoms with Crippen LogP contribution in [0.25, 0.3) is 33.2 Å². The number of H-pyrrole nitrogens is 1. The van der Waals surface area contributed by atoms with Crippen molar-refractivity contribution in [1.82, 2.24) is 25.1 Å². The fourth-order valence-corrected chi connectivity index (χ4v) is 7.20. The number of fused-ring (bicyclic) bond motifs is 1. The number of imidazole rings is 1. The van der Waals surface area contributed by atoms with Gasteiger partial charge in [0.05, 0.1) is 36.7 Å². The van der Waals surface area contributed by atoms with Crippen LogP contribution in [0.4, 0.5) is 16.2 Å². The van der Waals surface area contributed by atoms with Crippen molar-refractivity contribution in [2.75, 3.05) is 38.6 Å². The summed E-state index contributed by atoms with van der Waals surface area (Å²) in [6.07, 6.45) is 6.46. The number of carbonyl (C=O) groups is 3. The number of aromatic amines is 1. The first-order valence-electron chi connectivity index (χ1n) is 19.3. The lowest BCUT2D eigenvalue weighted by molar-refractivity contribution is -0.135. The molecule has 55 heavy (non-hydrogen) atoms. The highest BCUT2D eigenvalue weighted by molar-refractivity contribution is 5.91. The lowest BCUT2D eigenvalue weighted by Gasteiger charge is -2.31. The minimum absolute atomic E-state index is 0.00532. The van der Waals surface area contributed by atoms with E-state index < -0.39 is 12.1 Å². The Morgan fingerprint density at radius 3 is 2.29 bits per heavy atom. The van der Waals surface area contributed by atoms with Crippen LogP contribution in [0.2, 0.25) is 0 Å². The van der Waals surface area contributed by atoms with Crippen LogP contribution < -0.4 is 10.6 Å². The first kappa shape index (κ1) is 40.7. The Hall–Kier alpha value is -5.45. The van der Waals surface area contributed by atoms with Gasteiger partial charge < -0.3 is 30.2 Å². The Morgan fingerprint density at radius 2 is 1.67 bits per heavy atom. The van der Waals surface area contributed by atoms with Gasteiger partial charge >= 0.3 is 6.09 Å². The van der Waals surface area contributed by atoms with E-state index in [2.05, 4.69) is 102 Å². The molecule has 2 aliphatic heterocycles. The van der Waals surface area contributed by atoms with Gasteiger partial charge in [0.1, 0.15) is 6.04 Å². The number of nitrogens with one attached hydrogen (secondary N) is 3. The molecule has 0 aliphatic carbocycles. The number of ether oxygens (including phenoxy) is 1. The van der Waals surface area contributed by atoms with Gasteiger partial charge in [-0.3, -0.25) is 14.6 Å². The second kappa shape index (κ2) is 18.7. The zero-order valence-electron chi connectivity index (χ0n) is 33.4. The number of allylic oxidation sites excluding steroid dienone is 1. The SMILES string of the molecule is C=Nc1ccc(-c2ccc3cc(-c4cnc[nH]4)ccc3c2)cc1NCC1CCCN1C(=O)C(NC(=O)OC)C(C)C.CC(C)=C1CCN(C(=O)CC(C)C)C1. The zero-order chi connectivity index (χ0) is 39.6. The van der Waals surface area contributed by atoms with Gasteiger partial charge in [-0.25, -0.2) is 9.78 Å². The number of aliphatic imine (C=N–C) groups is 1. The summed E-state index contributed by atoms with van der Waals surface area (Å²) >= 11 is 0. The van der Waals surface area contributed by atoms with Crippen molar-refractivity contribution in [3.63, 3.8) is 0 Å². The maximum absolute atomic E-state index is 13.4. The highest BCUT2D eigenvalue weighted by Crippen LogP contribution is 2.34. The molecule has 2 atom stereocenters. The number of likely N-dealkylation sites (tertiary alicyclic amines) is 2. The molecule has 3 heterocycles. The fraction of sp³-hybridized carbons (Fsp3) is 0.432. The zero-order valence-corrected chi connectivity index (χ0v) is 33.4. The number of rotatable bonds is 11. The molecular weight excluding hydrogens is 691 g/mol. The Balaban J connectivity index is 0.000000350. The number of hydrogen-bond acceptors (Lipinski definition) is 7. The average Bonchev–Trinajstić information content (AvgIpc) is 3.98. The summed E-state index contributed by atoms with van der Waals surface area (Å²) in [6.45, 7) is 19.0. The minimum atomic E-state index is -0.639. The van der Waals surface area contributed by atoms with Crippen molar-refractivity contribution < 1.29 is 19.1 Å². The molecule has 3 amide bonds. The Bertz CT molecular complexity index is 2000. The summed E-state index contributed by atoms with van der Waals surface area (Å²) in [5.74, 6) is 0.634. The van der Waals surface area contributed by atoms with Crippen LogP contribution in [0.15, 0.2) is 83.3 Å². The topological polar surface area (TPSA) is 132 Å². The molecule has 0 spiro atoms.